The molecule has 0 heterocycles. The van der Waals surface area contributed by atoms with E-state index in [1.165, 1.54) is 0 Å². The lowest BCUT2D eigenvalue weighted by Gasteiger charge is -2.05. The van der Waals surface area contributed by atoms with Crippen LogP contribution in [0, 0.1) is 0 Å². The number of fused-ring (bicyclic) bond motifs is 1. The number of alkyl halides is 3. The van der Waals surface area contributed by atoms with Crippen LogP contribution >= 0.6 is 0 Å². The van der Waals surface area contributed by atoms with Crippen LogP contribution in [0.2, 0.25) is 0 Å². The molecule has 3 nitrogen and oxygen atoms in total. The Labute approximate surface area is 113 Å². The molecule has 0 unspecified atom stereocenters. The topological polar surface area (TPSA) is 43.4 Å². The molecule has 2 rings (SSSR count). The average molecular weight is 302 g/mol. The second-order valence-electron chi connectivity index (χ2n) is 3.91. The highest BCUT2D eigenvalue weighted by Crippen LogP contribution is 2.25. The van der Waals surface area contributed by atoms with Gasteiger partial charge in [0, 0.05) is 0 Å². The standard InChI is InChI=1S/C13H9F3O3S/c14-13(15,16)20(17,18)19-8-7-10-5-6-11-3-1-2-4-12(11)9-10/h1-9H. The molecule has 0 aliphatic heterocycles. The zero-order valence-electron chi connectivity index (χ0n) is 9.96. The zero-order chi connectivity index (χ0) is 14.8. The first-order chi connectivity index (χ1) is 9.29. The van der Waals surface area contributed by atoms with Gasteiger partial charge in [0.1, 0.15) is 6.26 Å². The molecule has 0 aliphatic carbocycles. The molecule has 2 aromatic rings. The van der Waals surface area contributed by atoms with Crippen LogP contribution < -0.4 is 0 Å². The number of benzene rings is 2. The summed E-state index contributed by atoms with van der Waals surface area (Å²) >= 11 is 0. The van der Waals surface area contributed by atoms with Crippen molar-refractivity contribution in [1.29, 1.82) is 0 Å². The Hall–Kier alpha value is -2.02. The predicted molar refractivity (Wildman–Crippen MR) is 69.0 cm³/mol. The fraction of sp³-hybridized carbons (Fsp3) is 0.0769. The zero-order valence-corrected chi connectivity index (χ0v) is 10.8. The molecule has 106 valence electrons. The molecule has 0 radical (unpaired) electrons. The molecule has 0 saturated carbocycles. The van der Waals surface area contributed by atoms with Gasteiger partial charge in [0.15, 0.2) is 0 Å². The predicted octanol–water partition coefficient (Wildman–Crippen LogP) is 3.68. The molecule has 0 saturated heterocycles. The molecule has 0 N–H and O–H groups in total. The average Bonchev–Trinajstić information content (AvgIpc) is 2.37. The van der Waals surface area contributed by atoms with Crippen LogP contribution in [0.15, 0.2) is 48.7 Å². The number of hydrogen-bond donors (Lipinski definition) is 0. The van der Waals surface area contributed by atoms with Crippen molar-refractivity contribution in [2.45, 2.75) is 5.51 Å². The van der Waals surface area contributed by atoms with Crippen molar-refractivity contribution in [2.75, 3.05) is 0 Å². The van der Waals surface area contributed by atoms with Crippen LogP contribution in [-0.4, -0.2) is 13.9 Å². The van der Waals surface area contributed by atoms with E-state index >= 15 is 0 Å². The quantitative estimate of drug-likeness (QED) is 0.493. The summed E-state index contributed by atoms with van der Waals surface area (Å²) in [4.78, 5) is 0. The van der Waals surface area contributed by atoms with Crippen molar-refractivity contribution >= 4 is 27.0 Å². The Morgan fingerprint density at radius 3 is 2.30 bits per heavy atom. The maximum atomic E-state index is 12.0. The molecule has 0 atom stereocenters. The second-order valence-corrected chi connectivity index (χ2v) is 5.47. The number of halogens is 3. The summed E-state index contributed by atoms with van der Waals surface area (Å²) in [6.07, 6.45) is 1.66. The van der Waals surface area contributed by atoms with Crippen LogP contribution in [0.4, 0.5) is 13.2 Å². The van der Waals surface area contributed by atoms with Crippen LogP contribution in [0.1, 0.15) is 5.56 Å². The molecular weight excluding hydrogens is 293 g/mol. The van der Waals surface area contributed by atoms with Gasteiger partial charge in [-0.1, -0.05) is 36.4 Å². The maximum Gasteiger partial charge on any atom is 0.534 e. The summed E-state index contributed by atoms with van der Waals surface area (Å²) in [5, 5.41) is 1.85. The van der Waals surface area contributed by atoms with Gasteiger partial charge in [0.2, 0.25) is 0 Å². The molecule has 0 spiro atoms. The minimum atomic E-state index is -5.60. The van der Waals surface area contributed by atoms with Gasteiger partial charge in [0.05, 0.1) is 0 Å². The summed E-state index contributed by atoms with van der Waals surface area (Å²) in [5.74, 6) is 0. The normalized spacial score (nSPS) is 12.9. The lowest BCUT2D eigenvalue weighted by atomic mass is 10.1. The Bertz CT molecular complexity index is 749. The van der Waals surface area contributed by atoms with Crippen molar-refractivity contribution < 1.29 is 25.8 Å². The van der Waals surface area contributed by atoms with Gasteiger partial charge in [0.25, 0.3) is 0 Å². The van der Waals surface area contributed by atoms with Gasteiger partial charge in [-0.15, -0.1) is 0 Å². The van der Waals surface area contributed by atoms with Gasteiger partial charge in [-0.2, -0.15) is 21.6 Å². The van der Waals surface area contributed by atoms with Crippen molar-refractivity contribution in [1.82, 2.24) is 0 Å². The van der Waals surface area contributed by atoms with E-state index in [4.69, 9.17) is 0 Å². The van der Waals surface area contributed by atoms with Crippen LogP contribution in [0.3, 0.4) is 0 Å². The van der Waals surface area contributed by atoms with Gasteiger partial charge in [-0.25, -0.2) is 0 Å². The Kier molecular flexibility index (Phi) is 3.71. The maximum absolute atomic E-state index is 12.0. The van der Waals surface area contributed by atoms with E-state index in [1.807, 2.05) is 24.3 Å². The van der Waals surface area contributed by atoms with Crippen LogP contribution in [-0.2, 0) is 14.3 Å². The Balaban J connectivity index is 2.18. The summed E-state index contributed by atoms with van der Waals surface area (Å²) < 4.78 is 61.2. The monoisotopic (exact) mass is 302 g/mol. The second kappa shape index (κ2) is 5.16. The van der Waals surface area contributed by atoms with Gasteiger partial charge in [-0.05, 0) is 28.5 Å². The van der Waals surface area contributed by atoms with E-state index in [0.29, 0.717) is 11.8 Å². The molecule has 0 aliphatic rings. The van der Waals surface area contributed by atoms with Crippen molar-refractivity contribution in [3.05, 3.63) is 54.3 Å². The molecule has 0 bridgehead atoms. The smallest absolute Gasteiger partial charge is 0.384 e. The van der Waals surface area contributed by atoms with E-state index in [2.05, 4.69) is 4.18 Å². The SMILES string of the molecule is O=S(=O)(OC=Cc1ccc2ccccc2c1)C(F)(F)F. The van der Waals surface area contributed by atoms with Gasteiger partial charge in [-0.3, -0.25) is 0 Å². The fourth-order valence-corrected chi connectivity index (χ4v) is 1.86. The number of hydrogen-bond acceptors (Lipinski definition) is 3. The largest absolute Gasteiger partial charge is 0.534 e. The van der Waals surface area contributed by atoms with Crippen molar-refractivity contribution in [3.63, 3.8) is 0 Å². The summed E-state index contributed by atoms with van der Waals surface area (Å²) in [6.45, 7) is 0. The van der Waals surface area contributed by atoms with E-state index in [9.17, 15) is 21.6 Å². The third kappa shape index (κ3) is 3.11. The first kappa shape index (κ1) is 14.4. The minimum absolute atomic E-state index is 0.507. The molecular formula is C13H9F3O3S. The Morgan fingerprint density at radius 2 is 1.65 bits per heavy atom. The van der Waals surface area contributed by atoms with Crippen molar-refractivity contribution in [3.8, 4) is 0 Å². The number of rotatable bonds is 3. The highest BCUT2D eigenvalue weighted by molar-refractivity contribution is 7.87. The molecule has 2 aromatic carbocycles. The van der Waals surface area contributed by atoms with Gasteiger partial charge >= 0.3 is 15.6 Å². The molecule has 0 amide bonds. The first-order valence-corrected chi connectivity index (χ1v) is 6.85. The minimum Gasteiger partial charge on any atom is -0.384 e. The molecule has 7 heteroatoms. The summed E-state index contributed by atoms with van der Waals surface area (Å²) in [7, 11) is -5.60. The molecule has 20 heavy (non-hydrogen) atoms. The third-order valence-electron chi connectivity index (χ3n) is 2.50. The Morgan fingerprint density at radius 1 is 1.00 bits per heavy atom. The first-order valence-electron chi connectivity index (χ1n) is 5.44. The fourth-order valence-electron chi connectivity index (χ4n) is 1.55. The van der Waals surface area contributed by atoms with Gasteiger partial charge < -0.3 is 4.18 Å². The highest BCUT2D eigenvalue weighted by Gasteiger charge is 2.47. The lowest BCUT2D eigenvalue weighted by molar-refractivity contribution is -0.0514. The van der Waals surface area contributed by atoms with E-state index in [-0.39, 0.29) is 0 Å². The lowest BCUT2D eigenvalue weighted by Crippen LogP contribution is -2.23. The highest BCUT2D eigenvalue weighted by atomic mass is 32.2. The van der Waals surface area contributed by atoms with Crippen LogP contribution in [0.25, 0.3) is 16.8 Å². The van der Waals surface area contributed by atoms with Crippen LogP contribution in [0.5, 0.6) is 0 Å². The summed E-state index contributed by atoms with van der Waals surface area (Å²) in [6, 6.07) is 12.5. The third-order valence-corrected chi connectivity index (χ3v) is 3.43. The van der Waals surface area contributed by atoms with E-state index < -0.39 is 15.6 Å². The van der Waals surface area contributed by atoms with E-state index in [0.717, 1.165) is 16.8 Å². The van der Waals surface area contributed by atoms with E-state index in [1.54, 1.807) is 18.2 Å². The summed E-state index contributed by atoms with van der Waals surface area (Å²) in [5.41, 5.74) is -4.90. The molecule has 0 fully saturated rings. The van der Waals surface area contributed by atoms with Crippen molar-refractivity contribution in [2.24, 2.45) is 0 Å². The molecule has 0 aromatic heterocycles.